The highest BCUT2D eigenvalue weighted by Gasteiger charge is 2.32. The number of thioether (sulfide) groups is 1. The first-order valence-corrected chi connectivity index (χ1v) is 15.5. The zero-order chi connectivity index (χ0) is 27.3. The number of halogens is 1. The van der Waals surface area contributed by atoms with Crippen LogP contribution < -0.4 is 13.9 Å². The molecule has 1 aliphatic rings. The van der Waals surface area contributed by atoms with E-state index in [1.165, 1.54) is 16.1 Å². The summed E-state index contributed by atoms with van der Waals surface area (Å²) in [6.07, 6.45) is 1.93. The van der Waals surface area contributed by atoms with Gasteiger partial charge in [-0.3, -0.25) is 9.10 Å². The van der Waals surface area contributed by atoms with Crippen molar-refractivity contribution in [2.45, 2.75) is 23.6 Å². The molecule has 3 aromatic rings. The van der Waals surface area contributed by atoms with Gasteiger partial charge in [0.15, 0.2) is 0 Å². The van der Waals surface area contributed by atoms with Gasteiger partial charge in [-0.15, -0.1) is 11.8 Å². The molecule has 38 heavy (non-hydrogen) atoms. The fourth-order valence-electron chi connectivity index (χ4n) is 4.46. The third-order valence-corrected chi connectivity index (χ3v) is 9.26. The summed E-state index contributed by atoms with van der Waals surface area (Å²) < 4.78 is 34.7. The highest BCUT2D eigenvalue weighted by molar-refractivity contribution is 7.98. The molecule has 1 amide bonds. The van der Waals surface area contributed by atoms with E-state index in [4.69, 9.17) is 16.3 Å². The molecule has 0 atom stereocenters. The van der Waals surface area contributed by atoms with Crippen LogP contribution in [0, 0.1) is 6.92 Å². The topological polar surface area (TPSA) is 70.2 Å². The van der Waals surface area contributed by atoms with E-state index in [1.54, 1.807) is 53.4 Å². The number of carbonyl (C=O) groups is 1. The van der Waals surface area contributed by atoms with E-state index in [9.17, 15) is 13.2 Å². The predicted molar refractivity (Wildman–Crippen MR) is 155 cm³/mol. The van der Waals surface area contributed by atoms with Crippen molar-refractivity contribution < 1.29 is 17.9 Å². The Morgan fingerprint density at radius 2 is 1.71 bits per heavy atom. The third-order valence-electron chi connectivity index (χ3n) is 6.50. The Labute approximate surface area is 234 Å². The van der Waals surface area contributed by atoms with E-state index in [-0.39, 0.29) is 17.3 Å². The number of piperazine rings is 1. The van der Waals surface area contributed by atoms with Crippen LogP contribution in [0.15, 0.2) is 76.5 Å². The summed E-state index contributed by atoms with van der Waals surface area (Å²) in [6.45, 7) is 6.13. The van der Waals surface area contributed by atoms with Gasteiger partial charge in [-0.2, -0.15) is 0 Å². The average molecular weight is 574 g/mol. The lowest BCUT2D eigenvalue weighted by Crippen LogP contribution is -2.52. The van der Waals surface area contributed by atoms with Gasteiger partial charge in [0.25, 0.3) is 10.0 Å². The smallest absolute Gasteiger partial charge is 0.264 e. The van der Waals surface area contributed by atoms with Gasteiger partial charge in [-0.05, 0) is 74.2 Å². The molecular formula is C28H32ClN3O4S2. The minimum absolute atomic E-state index is 0.121. The number of ether oxygens (including phenoxy) is 1. The van der Waals surface area contributed by atoms with Gasteiger partial charge in [-0.25, -0.2) is 8.42 Å². The van der Waals surface area contributed by atoms with Crippen LogP contribution in [0.25, 0.3) is 0 Å². The first-order valence-electron chi connectivity index (χ1n) is 12.4. The Morgan fingerprint density at radius 3 is 2.37 bits per heavy atom. The van der Waals surface area contributed by atoms with Crippen LogP contribution in [0.4, 0.5) is 11.4 Å². The molecule has 10 heteroatoms. The number of hydrogen-bond donors (Lipinski definition) is 0. The molecule has 1 heterocycles. The molecule has 4 rings (SSSR count). The second-order valence-corrected chi connectivity index (χ2v) is 12.1. The molecule has 0 spiro atoms. The molecule has 1 fully saturated rings. The van der Waals surface area contributed by atoms with E-state index < -0.39 is 10.0 Å². The van der Waals surface area contributed by atoms with Crippen LogP contribution in [-0.2, 0) is 14.8 Å². The van der Waals surface area contributed by atoms with E-state index >= 15 is 0 Å². The highest BCUT2D eigenvalue weighted by Crippen LogP contribution is 2.33. The number of benzene rings is 3. The van der Waals surface area contributed by atoms with E-state index in [1.807, 2.05) is 38.3 Å². The molecule has 0 saturated carbocycles. The quantitative estimate of drug-likeness (QED) is 0.323. The second-order valence-electron chi connectivity index (χ2n) is 8.89. The minimum atomic E-state index is -4.05. The summed E-state index contributed by atoms with van der Waals surface area (Å²) in [6, 6.07) is 19.4. The van der Waals surface area contributed by atoms with Gasteiger partial charge >= 0.3 is 0 Å². The average Bonchev–Trinajstić information content (AvgIpc) is 2.93. The van der Waals surface area contributed by atoms with Crippen molar-refractivity contribution in [2.24, 2.45) is 0 Å². The number of anilines is 2. The first kappa shape index (κ1) is 28.1. The predicted octanol–water partition coefficient (Wildman–Crippen LogP) is 5.31. The van der Waals surface area contributed by atoms with E-state index in [2.05, 4.69) is 4.90 Å². The van der Waals surface area contributed by atoms with Crippen molar-refractivity contribution in [2.75, 3.05) is 54.8 Å². The summed E-state index contributed by atoms with van der Waals surface area (Å²) in [7, 11) is -4.05. The van der Waals surface area contributed by atoms with Crippen LogP contribution in [0.3, 0.4) is 0 Å². The molecule has 1 saturated heterocycles. The lowest BCUT2D eigenvalue weighted by molar-refractivity contribution is -0.129. The zero-order valence-electron chi connectivity index (χ0n) is 21.8. The summed E-state index contributed by atoms with van der Waals surface area (Å²) in [5.41, 5.74) is 2.50. The van der Waals surface area contributed by atoms with Gasteiger partial charge in [-0.1, -0.05) is 29.8 Å². The Balaban J connectivity index is 1.59. The van der Waals surface area contributed by atoms with Crippen LogP contribution in [0.5, 0.6) is 5.75 Å². The highest BCUT2D eigenvalue weighted by atomic mass is 35.5. The number of hydrogen-bond acceptors (Lipinski definition) is 6. The van der Waals surface area contributed by atoms with Crippen LogP contribution in [0.2, 0.25) is 5.02 Å². The lowest BCUT2D eigenvalue weighted by Gasteiger charge is -2.38. The Morgan fingerprint density at radius 1 is 1.03 bits per heavy atom. The maximum atomic E-state index is 13.9. The number of aryl methyl sites for hydroxylation is 1. The van der Waals surface area contributed by atoms with Crippen molar-refractivity contribution in [1.82, 2.24) is 4.90 Å². The molecule has 202 valence electrons. The number of amides is 1. The second kappa shape index (κ2) is 12.3. The van der Waals surface area contributed by atoms with Crippen molar-refractivity contribution in [1.29, 1.82) is 0 Å². The number of carbonyl (C=O) groups excluding carboxylic acids is 1. The maximum absolute atomic E-state index is 13.9. The molecule has 7 nitrogen and oxygen atoms in total. The van der Waals surface area contributed by atoms with Crippen molar-refractivity contribution in [3.05, 3.63) is 77.3 Å². The first-order chi connectivity index (χ1) is 18.2. The lowest BCUT2D eigenvalue weighted by atomic mass is 10.1. The number of rotatable bonds is 9. The fraction of sp³-hybridized carbons (Fsp3) is 0.321. The Kier molecular flexibility index (Phi) is 9.12. The fourth-order valence-corrected chi connectivity index (χ4v) is 6.46. The molecule has 0 unspecified atom stereocenters. The molecule has 0 bridgehead atoms. The van der Waals surface area contributed by atoms with Crippen molar-refractivity contribution in [3.8, 4) is 5.75 Å². The molecule has 0 aliphatic carbocycles. The van der Waals surface area contributed by atoms with Crippen LogP contribution in [0.1, 0.15) is 12.5 Å². The van der Waals surface area contributed by atoms with E-state index in [0.29, 0.717) is 49.2 Å². The normalized spacial score (nSPS) is 13.9. The summed E-state index contributed by atoms with van der Waals surface area (Å²) in [5, 5.41) is 0.670. The van der Waals surface area contributed by atoms with Gasteiger partial charge in [0.1, 0.15) is 12.3 Å². The van der Waals surface area contributed by atoms with Crippen molar-refractivity contribution >= 4 is 50.7 Å². The number of para-hydroxylation sites is 2. The SMILES string of the molecule is CCOc1ccccc1N(CC(=O)N1CCN(c2cc(Cl)ccc2C)CC1)S(=O)(=O)c1ccc(SC)cc1. The largest absolute Gasteiger partial charge is 0.492 e. The number of sulfonamides is 1. The van der Waals surface area contributed by atoms with Crippen LogP contribution >= 0.6 is 23.4 Å². The van der Waals surface area contributed by atoms with E-state index in [0.717, 1.165) is 16.1 Å². The number of nitrogens with zero attached hydrogens (tertiary/aromatic N) is 3. The van der Waals surface area contributed by atoms with Gasteiger partial charge in [0.2, 0.25) is 5.91 Å². The van der Waals surface area contributed by atoms with Gasteiger partial charge in [0, 0.05) is 41.8 Å². The summed E-state index contributed by atoms with van der Waals surface area (Å²) >= 11 is 7.74. The van der Waals surface area contributed by atoms with Gasteiger partial charge < -0.3 is 14.5 Å². The van der Waals surface area contributed by atoms with Gasteiger partial charge in [0.05, 0.1) is 17.2 Å². The summed E-state index contributed by atoms with van der Waals surface area (Å²) in [4.78, 5) is 18.5. The standard InChI is InChI=1S/C28H32ClN3O4S2/c1-4-36-27-8-6-5-7-25(27)32(38(34,35)24-13-11-23(37-3)12-14-24)20-28(33)31-17-15-30(16-18-31)26-19-22(29)10-9-21(26)2/h5-14,19H,4,15-18,20H2,1-3H3. The Bertz CT molecular complexity index is 1380. The molecule has 0 radical (unpaired) electrons. The Hall–Kier alpha value is -2.88. The van der Waals surface area contributed by atoms with Crippen LogP contribution in [-0.4, -0.2) is 64.8 Å². The molecule has 0 N–H and O–H groups in total. The zero-order valence-corrected chi connectivity index (χ0v) is 24.2. The van der Waals surface area contributed by atoms with Crippen molar-refractivity contribution in [3.63, 3.8) is 0 Å². The molecular weight excluding hydrogens is 542 g/mol. The summed E-state index contributed by atoms with van der Waals surface area (Å²) in [5.74, 6) is 0.149. The molecule has 3 aromatic carbocycles. The third kappa shape index (κ3) is 6.22. The molecule has 0 aromatic heterocycles. The molecule has 1 aliphatic heterocycles. The maximum Gasteiger partial charge on any atom is 0.264 e. The minimum Gasteiger partial charge on any atom is -0.492 e. The monoisotopic (exact) mass is 573 g/mol.